The highest BCUT2D eigenvalue weighted by atomic mass is 35.5. The summed E-state index contributed by atoms with van der Waals surface area (Å²) in [6.07, 6.45) is 0.908. The highest BCUT2D eigenvalue weighted by molar-refractivity contribution is 6.31. The number of ether oxygens (including phenoxy) is 2. The molecule has 0 unspecified atom stereocenters. The first-order valence-corrected chi connectivity index (χ1v) is 8.03. The second-order valence-electron chi connectivity index (χ2n) is 4.84. The summed E-state index contributed by atoms with van der Waals surface area (Å²) in [5, 5.41) is 15.2. The predicted molar refractivity (Wildman–Crippen MR) is 93.6 cm³/mol. The minimum Gasteiger partial charge on any atom is -0.385 e. The molecule has 0 saturated heterocycles. The van der Waals surface area contributed by atoms with Gasteiger partial charge in [0.25, 0.3) is 5.91 Å². The molecule has 1 rings (SSSR count). The Morgan fingerprint density at radius 3 is 2.58 bits per heavy atom. The van der Waals surface area contributed by atoms with Crippen molar-refractivity contribution in [3.8, 4) is 6.07 Å². The lowest BCUT2D eigenvalue weighted by atomic mass is 10.2. The Kier molecular flexibility index (Phi) is 8.87. The van der Waals surface area contributed by atoms with E-state index in [0.717, 1.165) is 5.56 Å². The minimum absolute atomic E-state index is 0.0570. The van der Waals surface area contributed by atoms with Crippen LogP contribution in [0.3, 0.4) is 0 Å². The van der Waals surface area contributed by atoms with E-state index in [1.165, 1.54) is 6.20 Å². The van der Waals surface area contributed by atoms with E-state index in [9.17, 15) is 4.79 Å². The van der Waals surface area contributed by atoms with Crippen LogP contribution >= 0.6 is 11.6 Å². The van der Waals surface area contributed by atoms with Crippen LogP contribution in [0.5, 0.6) is 0 Å². The molecule has 6 nitrogen and oxygen atoms in total. The van der Waals surface area contributed by atoms with Crippen molar-refractivity contribution in [2.24, 2.45) is 0 Å². The monoisotopic (exact) mass is 351 g/mol. The Morgan fingerprint density at radius 2 is 2.04 bits per heavy atom. The number of nitrogens with one attached hydrogen (secondary N) is 2. The molecule has 1 aromatic rings. The first-order chi connectivity index (χ1) is 11.5. The average molecular weight is 352 g/mol. The van der Waals surface area contributed by atoms with Gasteiger partial charge in [-0.2, -0.15) is 5.26 Å². The van der Waals surface area contributed by atoms with Crippen molar-refractivity contribution in [3.63, 3.8) is 0 Å². The summed E-state index contributed by atoms with van der Waals surface area (Å²) in [5.74, 6) is -0.519. The number of carbonyl (C=O) groups excluding carboxylic acids is 1. The van der Waals surface area contributed by atoms with E-state index in [1.54, 1.807) is 18.2 Å². The largest absolute Gasteiger partial charge is 0.385 e. The van der Waals surface area contributed by atoms with Crippen LogP contribution in [0, 0.1) is 18.3 Å². The van der Waals surface area contributed by atoms with E-state index < -0.39 is 12.2 Å². The molecule has 130 valence electrons. The standard InChI is InChI=1S/C17H22ClN3O3/c1-4-23-16(24-5-2)11-20-10-13(9-19)17(22)21-14-7-6-12(3)15(18)8-14/h6-8,10,16,20H,4-5,11H2,1-3H3,(H,21,22)/b13-10-. The quantitative estimate of drug-likeness (QED) is 0.406. The molecule has 0 aliphatic heterocycles. The number of nitriles is 1. The maximum Gasteiger partial charge on any atom is 0.267 e. The van der Waals surface area contributed by atoms with E-state index in [4.69, 9.17) is 26.3 Å². The zero-order valence-electron chi connectivity index (χ0n) is 14.1. The molecule has 1 aromatic carbocycles. The molecule has 24 heavy (non-hydrogen) atoms. The lowest BCUT2D eigenvalue weighted by Crippen LogP contribution is -2.29. The third kappa shape index (κ3) is 6.59. The molecule has 7 heteroatoms. The summed E-state index contributed by atoms with van der Waals surface area (Å²) < 4.78 is 10.7. The van der Waals surface area contributed by atoms with Crippen LogP contribution in [-0.2, 0) is 14.3 Å². The molecule has 0 atom stereocenters. The zero-order chi connectivity index (χ0) is 17.9. The minimum atomic E-state index is -0.519. The van der Waals surface area contributed by atoms with Gasteiger partial charge in [0.1, 0.15) is 11.6 Å². The molecule has 0 aliphatic rings. The number of rotatable bonds is 9. The number of aryl methyl sites for hydroxylation is 1. The van der Waals surface area contributed by atoms with Crippen LogP contribution in [-0.4, -0.2) is 32.0 Å². The molecule has 0 saturated carbocycles. The maximum absolute atomic E-state index is 12.1. The van der Waals surface area contributed by atoms with Gasteiger partial charge in [-0.1, -0.05) is 17.7 Å². The van der Waals surface area contributed by atoms with E-state index >= 15 is 0 Å². The molecule has 1 amide bonds. The van der Waals surface area contributed by atoms with E-state index in [-0.39, 0.29) is 5.57 Å². The Labute approximate surface area is 147 Å². The van der Waals surface area contributed by atoms with Gasteiger partial charge in [-0.15, -0.1) is 0 Å². The Morgan fingerprint density at radius 1 is 1.38 bits per heavy atom. The van der Waals surface area contributed by atoms with Crippen LogP contribution in [0.25, 0.3) is 0 Å². The second-order valence-corrected chi connectivity index (χ2v) is 5.24. The van der Waals surface area contributed by atoms with Gasteiger partial charge in [-0.25, -0.2) is 0 Å². The summed E-state index contributed by atoms with van der Waals surface area (Å²) in [4.78, 5) is 12.1. The highest BCUT2D eigenvalue weighted by Gasteiger charge is 2.11. The molecular weight excluding hydrogens is 330 g/mol. The first kappa shape index (κ1) is 20.0. The van der Waals surface area contributed by atoms with Crippen molar-refractivity contribution in [1.82, 2.24) is 5.32 Å². The number of nitrogens with zero attached hydrogens (tertiary/aromatic N) is 1. The van der Waals surface area contributed by atoms with E-state index in [2.05, 4.69) is 10.6 Å². The van der Waals surface area contributed by atoms with Gasteiger partial charge in [0, 0.05) is 30.1 Å². The Hall–Kier alpha value is -2.07. The van der Waals surface area contributed by atoms with Crippen LogP contribution in [0.1, 0.15) is 19.4 Å². The highest BCUT2D eigenvalue weighted by Crippen LogP contribution is 2.20. The third-order valence-electron chi connectivity index (χ3n) is 3.03. The number of benzene rings is 1. The zero-order valence-corrected chi connectivity index (χ0v) is 14.8. The van der Waals surface area contributed by atoms with Crippen molar-refractivity contribution < 1.29 is 14.3 Å². The summed E-state index contributed by atoms with van der Waals surface area (Å²) >= 11 is 6.02. The first-order valence-electron chi connectivity index (χ1n) is 7.66. The number of anilines is 1. The number of carbonyl (C=O) groups is 1. The number of halogens is 1. The van der Waals surface area contributed by atoms with Crippen LogP contribution in [0.4, 0.5) is 5.69 Å². The topological polar surface area (TPSA) is 83.4 Å². The SMILES string of the molecule is CCOC(CN/C=C(/C#N)C(=O)Nc1ccc(C)c(Cl)c1)OCC. The van der Waals surface area contributed by atoms with Crippen molar-refractivity contribution in [2.45, 2.75) is 27.1 Å². The molecular formula is C17H22ClN3O3. The molecule has 2 N–H and O–H groups in total. The number of hydrogen-bond donors (Lipinski definition) is 2. The summed E-state index contributed by atoms with van der Waals surface area (Å²) in [7, 11) is 0. The van der Waals surface area contributed by atoms with Crippen molar-refractivity contribution in [2.75, 3.05) is 25.1 Å². The van der Waals surface area contributed by atoms with Crippen LogP contribution in [0.2, 0.25) is 5.02 Å². The van der Waals surface area contributed by atoms with Gasteiger partial charge in [-0.3, -0.25) is 4.79 Å². The van der Waals surface area contributed by atoms with Gasteiger partial charge in [0.15, 0.2) is 6.29 Å². The molecule has 0 aromatic heterocycles. The normalized spacial score (nSPS) is 11.2. The van der Waals surface area contributed by atoms with Crippen LogP contribution < -0.4 is 10.6 Å². The van der Waals surface area contributed by atoms with Crippen molar-refractivity contribution >= 4 is 23.2 Å². The van der Waals surface area contributed by atoms with E-state index in [1.807, 2.05) is 26.8 Å². The van der Waals surface area contributed by atoms with Crippen molar-refractivity contribution in [3.05, 3.63) is 40.6 Å². The molecule has 0 bridgehead atoms. The molecule has 0 heterocycles. The van der Waals surface area contributed by atoms with Gasteiger partial charge in [0.2, 0.25) is 0 Å². The van der Waals surface area contributed by atoms with Crippen LogP contribution in [0.15, 0.2) is 30.0 Å². The smallest absolute Gasteiger partial charge is 0.267 e. The molecule has 0 aliphatic carbocycles. The molecule has 0 radical (unpaired) electrons. The van der Waals surface area contributed by atoms with E-state index in [0.29, 0.717) is 30.5 Å². The summed E-state index contributed by atoms with van der Waals surface area (Å²) in [6, 6.07) is 7.01. The fourth-order valence-corrected chi connectivity index (χ4v) is 1.99. The lowest BCUT2D eigenvalue weighted by molar-refractivity contribution is -0.131. The number of hydrogen-bond acceptors (Lipinski definition) is 5. The third-order valence-corrected chi connectivity index (χ3v) is 3.44. The van der Waals surface area contributed by atoms with Gasteiger partial charge >= 0.3 is 0 Å². The Bertz CT molecular complexity index is 620. The van der Waals surface area contributed by atoms with Crippen molar-refractivity contribution in [1.29, 1.82) is 5.26 Å². The van der Waals surface area contributed by atoms with Gasteiger partial charge < -0.3 is 20.1 Å². The molecule has 0 fully saturated rings. The summed E-state index contributed by atoms with van der Waals surface area (Å²) in [6.45, 7) is 6.94. The van der Waals surface area contributed by atoms with Gasteiger partial charge in [-0.05, 0) is 38.5 Å². The lowest BCUT2D eigenvalue weighted by Gasteiger charge is -2.16. The van der Waals surface area contributed by atoms with Gasteiger partial charge in [0.05, 0.1) is 6.54 Å². The second kappa shape index (κ2) is 10.7. The Balaban J connectivity index is 2.65. The fraction of sp³-hybridized carbons (Fsp3) is 0.412. The predicted octanol–water partition coefficient (Wildman–Crippen LogP) is 2.98. The summed E-state index contributed by atoms with van der Waals surface area (Å²) in [5.41, 5.74) is 1.38. The number of amides is 1. The average Bonchev–Trinajstić information content (AvgIpc) is 2.55. The molecule has 0 spiro atoms. The fourth-order valence-electron chi connectivity index (χ4n) is 1.81. The maximum atomic E-state index is 12.1.